The van der Waals surface area contributed by atoms with Gasteiger partial charge in [-0.05, 0) is 36.1 Å². The molecule has 0 amide bonds. The van der Waals surface area contributed by atoms with Crippen molar-refractivity contribution in [1.29, 1.82) is 0 Å². The van der Waals surface area contributed by atoms with Gasteiger partial charge < -0.3 is 10.2 Å². The molecule has 30 heavy (non-hydrogen) atoms. The fourth-order valence-electron chi connectivity index (χ4n) is 2.26. The van der Waals surface area contributed by atoms with Gasteiger partial charge in [-0.2, -0.15) is 36.4 Å². The minimum absolute atomic E-state index is 0.403. The normalized spacial score (nSPS) is 8.53. The average Bonchev–Trinajstić information content (AvgIpc) is 3.56. The summed E-state index contributed by atoms with van der Waals surface area (Å²) in [6.07, 6.45) is 1.79. The van der Waals surface area contributed by atoms with Gasteiger partial charge in [0.25, 0.3) is 0 Å². The maximum atomic E-state index is 9.11. The van der Waals surface area contributed by atoms with Gasteiger partial charge in [-0.15, -0.1) is 0 Å². The van der Waals surface area contributed by atoms with Crippen molar-refractivity contribution < 1.29 is 34.4 Å². The van der Waals surface area contributed by atoms with E-state index < -0.39 is 0 Å². The summed E-state index contributed by atoms with van der Waals surface area (Å²) in [7, 11) is 0. The first-order valence-corrected chi connectivity index (χ1v) is 11.6. The zero-order valence-corrected chi connectivity index (χ0v) is 20.4. The Kier molecular flexibility index (Phi) is 18.1. The van der Waals surface area contributed by atoms with Crippen molar-refractivity contribution in [1.82, 2.24) is 0 Å². The second-order valence-electron chi connectivity index (χ2n) is 5.89. The summed E-state index contributed by atoms with van der Waals surface area (Å²) in [4.78, 5) is 0. The molecule has 0 aliphatic carbocycles. The van der Waals surface area contributed by atoms with Crippen LogP contribution >= 0.6 is 0 Å². The number of rotatable bonds is 2. The van der Waals surface area contributed by atoms with Gasteiger partial charge in [-0.1, -0.05) is 50.2 Å². The summed E-state index contributed by atoms with van der Waals surface area (Å²) in [6.45, 7) is 4.05. The van der Waals surface area contributed by atoms with E-state index in [4.69, 9.17) is 10.2 Å². The van der Waals surface area contributed by atoms with E-state index in [1.54, 1.807) is 12.1 Å². The van der Waals surface area contributed by atoms with Gasteiger partial charge in [0.05, 0.1) is 0 Å². The Bertz CT molecular complexity index is 731. The van der Waals surface area contributed by atoms with Gasteiger partial charge in [0, 0.05) is 0 Å². The second kappa shape index (κ2) is 19.8. The summed E-state index contributed by atoms with van der Waals surface area (Å²) in [6, 6.07) is 34.8. The van der Waals surface area contributed by atoms with Crippen molar-refractivity contribution in [2.75, 3.05) is 0 Å². The van der Waals surface area contributed by atoms with Crippen LogP contribution in [0.25, 0.3) is 0 Å². The summed E-state index contributed by atoms with van der Waals surface area (Å²) in [5.41, 5.74) is 2.02. The summed E-state index contributed by atoms with van der Waals surface area (Å²) in [5.74, 6) is 0.806. The molecule has 4 aromatic rings. The molecule has 0 saturated heterocycles. The smallest absolute Gasteiger partial charge is 0.172 e. The zero-order valence-electron chi connectivity index (χ0n) is 17.9. The van der Waals surface area contributed by atoms with E-state index in [0.29, 0.717) is 11.5 Å². The molecule has 0 atom stereocenters. The van der Waals surface area contributed by atoms with Gasteiger partial charge in [-0.3, -0.25) is 0 Å². The second-order valence-corrected chi connectivity index (χ2v) is 5.89. The zero-order chi connectivity index (χ0) is 22.5. The topological polar surface area (TPSA) is 40.5 Å². The Labute approximate surface area is 196 Å². The first kappa shape index (κ1) is 27.5. The van der Waals surface area contributed by atoms with E-state index in [1.807, 2.05) is 111 Å². The minimum atomic E-state index is 0.403. The average molecular weight is 480 g/mol. The Morgan fingerprint density at radius 1 is 0.600 bits per heavy atom. The van der Waals surface area contributed by atoms with Crippen LogP contribution in [0.15, 0.2) is 109 Å². The first-order valence-electron chi connectivity index (χ1n) is 9.91. The summed E-state index contributed by atoms with van der Waals surface area (Å²) in [5, 5.41) is 18.2. The van der Waals surface area contributed by atoms with Crippen LogP contribution in [0.2, 0.25) is 0 Å². The molecular formula is C27H32O2Zr. The number of aromatic hydroxyl groups is 2. The summed E-state index contributed by atoms with van der Waals surface area (Å²) >= 11 is 1.30. The third-order valence-corrected chi connectivity index (χ3v) is 3.86. The fraction of sp³-hybridized carbons (Fsp3) is 0.148. The van der Waals surface area contributed by atoms with E-state index in [1.165, 1.54) is 24.2 Å². The Morgan fingerprint density at radius 3 is 1.07 bits per heavy atom. The van der Waals surface area contributed by atoms with Crippen molar-refractivity contribution >= 4 is 4.21 Å². The molecule has 4 aromatic carbocycles. The van der Waals surface area contributed by atoms with E-state index in [0.717, 1.165) is 24.0 Å². The van der Waals surface area contributed by atoms with Crippen LogP contribution < -0.4 is 0 Å². The maximum absolute atomic E-state index is 9.11. The Hall–Kier alpha value is -2.51. The van der Waals surface area contributed by atoms with Gasteiger partial charge in [0.1, 0.15) is 11.5 Å². The number of para-hydroxylation sites is 2. The van der Waals surface area contributed by atoms with Crippen LogP contribution in [-0.4, -0.2) is 14.4 Å². The molecule has 0 spiro atoms. The largest absolute Gasteiger partial charge is 0.214 e. The number of hydrogen-bond donors (Lipinski definition) is 2. The molecule has 156 valence electrons. The van der Waals surface area contributed by atoms with Crippen molar-refractivity contribution in [3.8, 4) is 11.5 Å². The molecule has 0 radical (unpaired) electrons. The van der Waals surface area contributed by atoms with E-state index >= 15 is 0 Å². The number of phenols is 2. The maximum Gasteiger partial charge on any atom is -0.172 e. The molecule has 0 aliphatic heterocycles. The molecule has 3 heteroatoms. The van der Waals surface area contributed by atoms with Crippen LogP contribution in [0.4, 0.5) is 0 Å². The van der Waals surface area contributed by atoms with Gasteiger partial charge in [-0.25, -0.2) is 24.3 Å². The molecule has 2 N–H and O–H groups in total. The van der Waals surface area contributed by atoms with Crippen LogP contribution in [0, 0.1) is 0 Å². The van der Waals surface area contributed by atoms with Gasteiger partial charge >= 0.3 is 28.4 Å². The fourth-order valence-corrected chi connectivity index (χ4v) is 2.26. The standard InChI is InChI=1S/2C8H10O.2C5H5.CH2.Zr/c2*1-2-7-5-3-4-6-8(7)9;2*1-2-4-5-3-1;;/h2*3-6,9H,2H2,1H3;2*1-5H;1H2;/q;;2*-1;;+2. The molecule has 4 rings (SSSR count). The molecule has 0 bridgehead atoms. The molecule has 0 aromatic heterocycles. The number of phenolic OH excluding ortho intramolecular Hbond substituents is 2. The third kappa shape index (κ3) is 13.6. The van der Waals surface area contributed by atoms with Crippen molar-refractivity contribution in [3.63, 3.8) is 0 Å². The SMILES string of the molecule is CCc1ccccc1O.CCc1ccccc1O.[CH2]=[Zr+2].c1cc[cH-]c1.c1cc[cH-]c1. The van der Waals surface area contributed by atoms with E-state index in [2.05, 4.69) is 4.21 Å². The third-order valence-electron chi connectivity index (χ3n) is 3.86. The van der Waals surface area contributed by atoms with Gasteiger partial charge in [0.15, 0.2) is 0 Å². The Morgan fingerprint density at radius 2 is 0.900 bits per heavy atom. The molecule has 0 saturated carbocycles. The summed E-state index contributed by atoms with van der Waals surface area (Å²) < 4.78 is 3.34. The molecule has 0 aliphatic rings. The predicted molar refractivity (Wildman–Crippen MR) is 126 cm³/mol. The number of benzene rings is 2. The van der Waals surface area contributed by atoms with E-state index in [-0.39, 0.29) is 0 Å². The van der Waals surface area contributed by atoms with Crippen molar-refractivity contribution in [2.45, 2.75) is 26.7 Å². The Balaban J connectivity index is 0.000000375. The molecule has 0 heterocycles. The van der Waals surface area contributed by atoms with Crippen LogP contribution in [0.1, 0.15) is 25.0 Å². The molecule has 2 nitrogen and oxygen atoms in total. The minimum Gasteiger partial charge on any atom is -0.214 e. The number of aryl methyl sites for hydroxylation is 2. The molecule has 0 fully saturated rings. The van der Waals surface area contributed by atoms with Gasteiger partial charge in [0.2, 0.25) is 0 Å². The first-order chi connectivity index (χ1) is 14.7. The predicted octanol–water partition coefficient (Wildman–Crippen LogP) is 6.69. The van der Waals surface area contributed by atoms with Crippen LogP contribution in [0.3, 0.4) is 0 Å². The molecule has 0 unspecified atom stereocenters. The van der Waals surface area contributed by atoms with Crippen molar-refractivity contribution in [2.24, 2.45) is 0 Å². The molecular weight excluding hydrogens is 448 g/mol. The quantitative estimate of drug-likeness (QED) is 0.315. The van der Waals surface area contributed by atoms with Crippen LogP contribution in [-0.2, 0) is 37.1 Å². The van der Waals surface area contributed by atoms with E-state index in [9.17, 15) is 0 Å². The number of hydrogen-bond acceptors (Lipinski definition) is 2. The monoisotopic (exact) mass is 478 g/mol. The van der Waals surface area contributed by atoms with Crippen molar-refractivity contribution in [3.05, 3.63) is 120 Å². The van der Waals surface area contributed by atoms with Crippen LogP contribution in [0.5, 0.6) is 11.5 Å².